The number of aryl methyl sites for hydroxylation is 1. The van der Waals surface area contributed by atoms with Gasteiger partial charge in [-0.05, 0) is 36.3 Å². The number of alkyl halides is 1. The zero-order chi connectivity index (χ0) is 15.7. The fourth-order valence-electron chi connectivity index (χ4n) is 2.46. The van der Waals surface area contributed by atoms with E-state index in [0.29, 0.717) is 23.4 Å². The van der Waals surface area contributed by atoms with Crippen LogP contribution in [0.2, 0.25) is 0 Å². The van der Waals surface area contributed by atoms with Crippen LogP contribution in [0.4, 0.5) is 5.69 Å². The third kappa shape index (κ3) is 2.53. The standard InChI is InChI=1S/C17H14ClNO3/c18-7-6-10-4-5-14-12(8-10)13(17(22)19-14)9-11-2-1-3-15(20)16(11)21/h1-5,8-9,20-21H,6-7H2,(H,19,22). The van der Waals surface area contributed by atoms with Gasteiger partial charge in [-0.2, -0.15) is 0 Å². The summed E-state index contributed by atoms with van der Waals surface area (Å²) in [4.78, 5) is 12.2. The Morgan fingerprint density at radius 1 is 1.18 bits per heavy atom. The van der Waals surface area contributed by atoms with E-state index >= 15 is 0 Å². The molecule has 0 spiro atoms. The number of para-hydroxylation sites is 1. The molecule has 0 atom stereocenters. The second kappa shape index (κ2) is 5.73. The fourth-order valence-corrected chi connectivity index (χ4v) is 2.68. The largest absolute Gasteiger partial charge is 0.504 e. The number of benzene rings is 2. The lowest BCUT2D eigenvalue weighted by molar-refractivity contribution is -0.110. The first-order valence-corrected chi connectivity index (χ1v) is 7.37. The smallest absolute Gasteiger partial charge is 0.256 e. The maximum atomic E-state index is 12.2. The minimum Gasteiger partial charge on any atom is -0.504 e. The molecule has 2 aromatic rings. The summed E-state index contributed by atoms with van der Waals surface area (Å²) in [5, 5.41) is 22.2. The highest BCUT2D eigenvalue weighted by Crippen LogP contribution is 2.37. The Balaban J connectivity index is 2.09. The Kier molecular flexibility index (Phi) is 3.77. The molecular formula is C17H14ClNO3. The number of phenols is 2. The van der Waals surface area contributed by atoms with Gasteiger partial charge in [0, 0.05) is 28.3 Å². The average Bonchev–Trinajstić information content (AvgIpc) is 2.80. The first-order chi connectivity index (χ1) is 10.6. The molecule has 0 fully saturated rings. The van der Waals surface area contributed by atoms with Crippen LogP contribution in [0.25, 0.3) is 11.6 Å². The van der Waals surface area contributed by atoms with E-state index in [0.717, 1.165) is 16.8 Å². The van der Waals surface area contributed by atoms with Gasteiger partial charge in [0.2, 0.25) is 0 Å². The van der Waals surface area contributed by atoms with Gasteiger partial charge in [0.1, 0.15) is 0 Å². The predicted molar refractivity (Wildman–Crippen MR) is 87.1 cm³/mol. The molecule has 0 aliphatic carbocycles. The highest BCUT2D eigenvalue weighted by molar-refractivity contribution is 6.35. The number of fused-ring (bicyclic) bond motifs is 1. The Labute approximate surface area is 132 Å². The van der Waals surface area contributed by atoms with Gasteiger partial charge in [-0.1, -0.05) is 18.2 Å². The first-order valence-electron chi connectivity index (χ1n) is 6.83. The van der Waals surface area contributed by atoms with Crippen molar-refractivity contribution in [3.63, 3.8) is 0 Å². The van der Waals surface area contributed by atoms with Crippen LogP contribution >= 0.6 is 11.6 Å². The fraction of sp³-hybridized carbons (Fsp3) is 0.118. The second-order valence-electron chi connectivity index (χ2n) is 5.05. The van der Waals surface area contributed by atoms with Gasteiger partial charge in [0.15, 0.2) is 11.5 Å². The van der Waals surface area contributed by atoms with E-state index in [4.69, 9.17) is 11.6 Å². The number of carbonyl (C=O) groups is 1. The number of carbonyl (C=O) groups excluding carboxylic acids is 1. The molecule has 3 rings (SSSR count). The van der Waals surface area contributed by atoms with Crippen molar-refractivity contribution >= 4 is 34.8 Å². The predicted octanol–water partition coefficient (Wildman–Crippen LogP) is 3.37. The summed E-state index contributed by atoms with van der Waals surface area (Å²) < 4.78 is 0. The summed E-state index contributed by atoms with van der Waals surface area (Å²) in [6.07, 6.45) is 2.29. The number of hydrogen-bond acceptors (Lipinski definition) is 3. The van der Waals surface area contributed by atoms with Crippen LogP contribution in [0.3, 0.4) is 0 Å². The van der Waals surface area contributed by atoms with Crippen molar-refractivity contribution in [3.8, 4) is 11.5 Å². The van der Waals surface area contributed by atoms with Crippen LogP contribution in [-0.2, 0) is 11.2 Å². The van der Waals surface area contributed by atoms with Crippen LogP contribution < -0.4 is 5.32 Å². The molecule has 0 bridgehead atoms. The number of halogens is 1. The SMILES string of the molecule is O=C1Nc2ccc(CCCl)cc2C1=Cc1cccc(O)c1O. The number of rotatable bonds is 3. The van der Waals surface area contributed by atoms with E-state index in [-0.39, 0.29) is 17.4 Å². The van der Waals surface area contributed by atoms with E-state index in [1.807, 2.05) is 18.2 Å². The normalized spacial score (nSPS) is 15.0. The lowest BCUT2D eigenvalue weighted by Gasteiger charge is -2.04. The Morgan fingerprint density at radius 3 is 2.77 bits per heavy atom. The summed E-state index contributed by atoms with van der Waals surface area (Å²) in [5.41, 5.74) is 3.38. The van der Waals surface area contributed by atoms with E-state index in [1.165, 1.54) is 6.07 Å². The van der Waals surface area contributed by atoms with Crippen molar-refractivity contribution in [1.82, 2.24) is 0 Å². The molecule has 1 amide bonds. The second-order valence-corrected chi connectivity index (χ2v) is 5.42. The summed E-state index contributed by atoms with van der Waals surface area (Å²) >= 11 is 5.76. The number of hydrogen-bond donors (Lipinski definition) is 3. The molecule has 0 saturated carbocycles. The van der Waals surface area contributed by atoms with Crippen molar-refractivity contribution in [1.29, 1.82) is 0 Å². The molecule has 1 aliphatic rings. The van der Waals surface area contributed by atoms with Gasteiger partial charge in [-0.3, -0.25) is 4.79 Å². The van der Waals surface area contributed by atoms with E-state index in [9.17, 15) is 15.0 Å². The van der Waals surface area contributed by atoms with Crippen LogP contribution in [0.15, 0.2) is 36.4 Å². The van der Waals surface area contributed by atoms with Crippen molar-refractivity contribution < 1.29 is 15.0 Å². The Morgan fingerprint density at radius 2 is 2.00 bits per heavy atom. The molecule has 1 heterocycles. The Bertz CT molecular complexity index is 783. The summed E-state index contributed by atoms with van der Waals surface area (Å²) in [5.74, 6) is -0.190. The number of anilines is 1. The van der Waals surface area contributed by atoms with Crippen molar-refractivity contribution in [2.24, 2.45) is 0 Å². The van der Waals surface area contributed by atoms with Gasteiger partial charge in [0.05, 0.1) is 0 Å². The van der Waals surface area contributed by atoms with Gasteiger partial charge in [-0.15, -0.1) is 11.6 Å². The number of amides is 1. The van der Waals surface area contributed by atoms with Gasteiger partial charge >= 0.3 is 0 Å². The maximum Gasteiger partial charge on any atom is 0.256 e. The third-order valence-corrected chi connectivity index (χ3v) is 3.78. The van der Waals surface area contributed by atoms with Crippen LogP contribution in [0, 0.1) is 0 Å². The molecule has 0 saturated heterocycles. The average molecular weight is 316 g/mol. The van der Waals surface area contributed by atoms with Crippen molar-refractivity contribution in [3.05, 3.63) is 53.1 Å². The minimum atomic E-state index is -0.242. The molecule has 0 unspecified atom stereocenters. The molecule has 1 aliphatic heterocycles. The summed E-state index contributed by atoms with van der Waals surface area (Å²) in [6, 6.07) is 10.3. The lowest BCUT2D eigenvalue weighted by atomic mass is 10.0. The maximum absolute atomic E-state index is 12.2. The van der Waals surface area contributed by atoms with Gasteiger partial charge in [0.25, 0.3) is 5.91 Å². The molecule has 112 valence electrons. The summed E-state index contributed by atoms with van der Waals surface area (Å²) in [7, 11) is 0. The molecule has 2 aromatic carbocycles. The quantitative estimate of drug-likeness (QED) is 0.462. The van der Waals surface area contributed by atoms with Gasteiger partial charge < -0.3 is 15.5 Å². The molecule has 5 heteroatoms. The van der Waals surface area contributed by atoms with Crippen molar-refractivity contribution in [2.75, 3.05) is 11.2 Å². The van der Waals surface area contributed by atoms with Crippen LogP contribution in [0.5, 0.6) is 11.5 Å². The minimum absolute atomic E-state index is 0.219. The lowest BCUT2D eigenvalue weighted by Crippen LogP contribution is -2.03. The molecule has 0 aromatic heterocycles. The number of phenolic OH excluding ortho intramolecular Hbond substituents is 2. The number of nitrogens with one attached hydrogen (secondary N) is 1. The van der Waals surface area contributed by atoms with Crippen LogP contribution in [0.1, 0.15) is 16.7 Å². The van der Waals surface area contributed by atoms with E-state index < -0.39 is 0 Å². The third-order valence-electron chi connectivity index (χ3n) is 3.60. The highest BCUT2D eigenvalue weighted by atomic mass is 35.5. The van der Waals surface area contributed by atoms with Crippen LogP contribution in [-0.4, -0.2) is 22.0 Å². The van der Waals surface area contributed by atoms with E-state index in [2.05, 4.69) is 5.32 Å². The Hall–Kier alpha value is -2.46. The van der Waals surface area contributed by atoms with E-state index in [1.54, 1.807) is 18.2 Å². The monoisotopic (exact) mass is 315 g/mol. The zero-order valence-corrected chi connectivity index (χ0v) is 12.4. The molecule has 0 radical (unpaired) electrons. The zero-order valence-electron chi connectivity index (χ0n) is 11.6. The summed E-state index contributed by atoms with van der Waals surface area (Å²) in [6.45, 7) is 0. The topological polar surface area (TPSA) is 69.6 Å². The molecule has 3 N–H and O–H groups in total. The highest BCUT2D eigenvalue weighted by Gasteiger charge is 2.24. The molecule has 22 heavy (non-hydrogen) atoms. The first kappa shape index (κ1) is 14.5. The van der Waals surface area contributed by atoms with Crippen molar-refractivity contribution in [2.45, 2.75) is 6.42 Å². The molecule has 4 nitrogen and oxygen atoms in total. The molecular weight excluding hydrogens is 302 g/mol. The van der Waals surface area contributed by atoms with Gasteiger partial charge in [-0.25, -0.2) is 0 Å². The number of aromatic hydroxyl groups is 2.